The van der Waals surface area contributed by atoms with E-state index in [4.69, 9.17) is 27.9 Å². The number of amides is 1. The summed E-state index contributed by atoms with van der Waals surface area (Å²) >= 11 is 12.3. The van der Waals surface area contributed by atoms with Crippen LogP contribution in [0.3, 0.4) is 0 Å². The monoisotopic (exact) mass is 349 g/mol. The lowest BCUT2D eigenvalue weighted by Gasteiger charge is -2.41. The summed E-state index contributed by atoms with van der Waals surface area (Å²) in [5, 5.41) is 4.11. The molecule has 3 nitrogen and oxygen atoms in total. The highest BCUT2D eigenvalue weighted by atomic mass is 35.5. The highest BCUT2D eigenvalue weighted by molar-refractivity contribution is 6.35. The molecule has 120 valence electrons. The number of anilines is 1. The van der Waals surface area contributed by atoms with Gasteiger partial charge in [-0.15, -0.1) is 0 Å². The van der Waals surface area contributed by atoms with Gasteiger partial charge in [0.05, 0.1) is 12.5 Å². The molecule has 1 fully saturated rings. The topological polar surface area (TPSA) is 38.3 Å². The van der Waals surface area contributed by atoms with E-state index in [1.165, 1.54) is 0 Å². The summed E-state index contributed by atoms with van der Waals surface area (Å²) in [6.07, 6.45) is 2.58. The minimum absolute atomic E-state index is 0.0295. The van der Waals surface area contributed by atoms with E-state index >= 15 is 0 Å². The number of rotatable bonds is 4. The van der Waals surface area contributed by atoms with Crippen molar-refractivity contribution in [2.45, 2.75) is 24.7 Å². The van der Waals surface area contributed by atoms with Crippen LogP contribution in [0.5, 0.6) is 5.75 Å². The second-order valence-electron chi connectivity index (χ2n) is 5.74. The first kappa shape index (κ1) is 16.2. The van der Waals surface area contributed by atoms with Gasteiger partial charge in [-0.3, -0.25) is 4.79 Å². The first-order valence-corrected chi connectivity index (χ1v) is 8.22. The minimum atomic E-state index is -0.568. The Balaban J connectivity index is 1.85. The van der Waals surface area contributed by atoms with Crippen LogP contribution >= 0.6 is 23.2 Å². The van der Waals surface area contributed by atoms with Gasteiger partial charge in [0.15, 0.2) is 0 Å². The summed E-state index contributed by atoms with van der Waals surface area (Å²) < 4.78 is 5.13. The van der Waals surface area contributed by atoms with Gasteiger partial charge in [0.2, 0.25) is 5.91 Å². The van der Waals surface area contributed by atoms with Crippen molar-refractivity contribution in [1.29, 1.82) is 0 Å². The molecule has 0 unspecified atom stereocenters. The van der Waals surface area contributed by atoms with E-state index in [1.54, 1.807) is 19.2 Å². The zero-order valence-corrected chi connectivity index (χ0v) is 14.2. The second-order valence-corrected chi connectivity index (χ2v) is 6.59. The first-order valence-electron chi connectivity index (χ1n) is 7.46. The van der Waals surface area contributed by atoms with E-state index in [0.717, 1.165) is 36.3 Å². The number of benzene rings is 2. The Bertz CT molecular complexity index is 724. The Hall–Kier alpha value is -1.71. The molecule has 0 atom stereocenters. The number of hydrogen-bond donors (Lipinski definition) is 1. The predicted octanol–water partition coefficient (Wildman–Crippen LogP) is 5.06. The van der Waals surface area contributed by atoms with Crippen LogP contribution < -0.4 is 10.1 Å². The lowest BCUT2D eigenvalue weighted by molar-refractivity contribution is -0.124. The number of methoxy groups -OCH3 is 1. The third-order valence-corrected chi connectivity index (χ3v) is 4.98. The molecule has 1 N–H and O–H groups in total. The smallest absolute Gasteiger partial charge is 0.235 e. The summed E-state index contributed by atoms with van der Waals surface area (Å²) in [4.78, 5) is 12.9. The average Bonchev–Trinajstić information content (AvgIpc) is 2.49. The molecule has 1 aliphatic carbocycles. The Kier molecular flexibility index (Phi) is 4.51. The van der Waals surface area contributed by atoms with Crippen molar-refractivity contribution in [3.8, 4) is 5.75 Å². The molecule has 2 aromatic carbocycles. The average molecular weight is 350 g/mol. The molecule has 0 bridgehead atoms. The fraction of sp³-hybridized carbons (Fsp3) is 0.278. The van der Waals surface area contributed by atoms with Crippen LogP contribution in [-0.2, 0) is 10.2 Å². The molecule has 0 heterocycles. The van der Waals surface area contributed by atoms with E-state index in [-0.39, 0.29) is 5.91 Å². The number of nitrogens with one attached hydrogen (secondary N) is 1. The third kappa shape index (κ3) is 3.04. The van der Waals surface area contributed by atoms with Crippen molar-refractivity contribution in [2.75, 3.05) is 12.4 Å². The molecule has 1 amide bonds. The molecule has 5 heteroatoms. The lowest BCUT2D eigenvalue weighted by Crippen LogP contribution is -2.46. The number of carbonyl (C=O) groups excluding carboxylic acids is 1. The largest absolute Gasteiger partial charge is 0.497 e. The van der Waals surface area contributed by atoms with Crippen molar-refractivity contribution < 1.29 is 9.53 Å². The molecule has 0 saturated heterocycles. The lowest BCUT2D eigenvalue weighted by atomic mass is 9.63. The summed E-state index contributed by atoms with van der Waals surface area (Å²) in [6.45, 7) is 0. The molecule has 0 spiro atoms. The van der Waals surface area contributed by atoms with Crippen LogP contribution in [0.15, 0.2) is 42.5 Å². The van der Waals surface area contributed by atoms with Crippen LogP contribution in [0.2, 0.25) is 10.0 Å². The van der Waals surface area contributed by atoms with Crippen molar-refractivity contribution in [3.05, 3.63) is 58.1 Å². The van der Waals surface area contributed by atoms with E-state index < -0.39 is 5.41 Å². The standard InChI is InChI=1S/C18H17Cl2NO2/c1-23-14-6-4-13(5-7-14)21-17(22)18(9-2-10-18)15-8-3-12(19)11-16(15)20/h3-8,11H,2,9-10H2,1H3,(H,21,22). The number of ether oxygens (including phenoxy) is 1. The summed E-state index contributed by atoms with van der Waals surface area (Å²) in [7, 11) is 1.61. The number of halogens is 2. The Morgan fingerprint density at radius 1 is 1.13 bits per heavy atom. The van der Waals surface area contributed by atoms with Crippen LogP contribution in [0.4, 0.5) is 5.69 Å². The molecular formula is C18H17Cl2NO2. The maximum atomic E-state index is 12.9. The van der Waals surface area contributed by atoms with Gasteiger partial charge in [-0.25, -0.2) is 0 Å². The normalized spacial score (nSPS) is 15.6. The number of carbonyl (C=O) groups is 1. The van der Waals surface area contributed by atoms with Gasteiger partial charge in [-0.2, -0.15) is 0 Å². The molecule has 2 aromatic rings. The van der Waals surface area contributed by atoms with Crippen LogP contribution in [-0.4, -0.2) is 13.0 Å². The maximum Gasteiger partial charge on any atom is 0.235 e. The van der Waals surface area contributed by atoms with Crippen molar-refractivity contribution in [3.63, 3.8) is 0 Å². The van der Waals surface area contributed by atoms with Gasteiger partial charge in [0.1, 0.15) is 5.75 Å². The van der Waals surface area contributed by atoms with E-state index in [9.17, 15) is 4.79 Å². The van der Waals surface area contributed by atoms with Gasteiger partial charge in [0, 0.05) is 15.7 Å². The summed E-state index contributed by atoms with van der Waals surface area (Å²) in [5.41, 5.74) is 1.02. The van der Waals surface area contributed by atoms with E-state index in [0.29, 0.717) is 10.0 Å². The zero-order chi connectivity index (χ0) is 16.4. The van der Waals surface area contributed by atoms with Crippen molar-refractivity contribution in [1.82, 2.24) is 0 Å². The van der Waals surface area contributed by atoms with Gasteiger partial charge < -0.3 is 10.1 Å². The molecule has 0 aliphatic heterocycles. The van der Waals surface area contributed by atoms with Crippen molar-refractivity contribution in [2.24, 2.45) is 0 Å². The van der Waals surface area contributed by atoms with Gasteiger partial charge in [0.25, 0.3) is 0 Å². The molecule has 23 heavy (non-hydrogen) atoms. The van der Waals surface area contributed by atoms with Crippen LogP contribution in [0.25, 0.3) is 0 Å². The Morgan fingerprint density at radius 3 is 2.35 bits per heavy atom. The van der Waals surface area contributed by atoms with Crippen LogP contribution in [0, 0.1) is 0 Å². The fourth-order valence-corrected chi connectivity index (χ4v) is 3.54. The quantitative estimate of drug-likeness (QED) is 0.837. The van der Waals surface area contributed by atoms with Crippen molar-refractivity contribution >= 4 is 34.8 Å². The number of hydrogen-bond acceptors (Lipinski definition) is 2. The molecular weight excluding hydrogens is 333 g/mol. The minimum Gasteiger partial charge on any atom is -0.497 e. The summed E-state index contributed by atoms with van der Waals surface area (Å²) in [6, 6.07) is 12.6. The molecule has 3 rings (SSSR count). The molecule has 0 aromatic heterocycles. The Labute approximate surface area is 145 Å². The second kappa shape index (κ2) is 6.42. The van der Waals surface area contributed by atoms with E-state index in [1.807, 2.05) is 30.3 Å². The third-order valence-electron chi connectivity index (χ3n) is 4.44. The van der Waals surface area contributed by atoms with Gasteiger partial charge >= 0.3 is 0 Å². The maximum absolute atomic E-state index is 12.9. The predicted molar refractivity (Wildman–Crippen MR) is 93.6 cm³/mol. The zero-order valence-electron chi connectivity index (χ0n) is 12.7. The van der Waals surface area contributed by atoms with Gasteiger partial charge in [-0.05, 0) is 54.8 Å². The van der Waals surface area contributed by atoms with Crippen LogP contribution in [0.1, 0.15) is 24.8 Å². The summed E-state index contributed by atoms with van der Waals surface area (Å²) in [5.74, 6) is 0.722. The molecule has 0 radical (unpaired) electrons. The van der Waals surface area contributed by atoms with Gasteiger partial charge in [-0.1, -0.05) is 35.7 Å². The first-order chi connectivity index (χ1) is 11.0. The highest BCUT2D eigenvalue weighted by Gasteiger charge is 2.46. The van der Waals surface area contributed by atoms with E-state index in [2.05, 4.69) is 5.32 Å². The fourth-order valence-electron chi connectivity index (χ4n) is 2.95. The highest BCUT2D eigenvalue weighted by Crippen LogP contribution is 2.47. The molecule has 1 saturated carbocycles. The Morgan fingerprint density at radius 2 is 1.83 bits per heavy atom. The SMILES string of the molecule is COc1ccc(NC(=O)C2(c3ccc(Cl)cc3Cl)CCC2)cc1. The molecule has 1 aliphatic rings.